The van der Waals surface area contributed by atoms with Gasteiger partial charge in [0.15, 0.2) is 0 Å². The maximum Gasteiger partial charge on any atom is 0.223 e. The smallest absolute Gasteiger partial charge is 0.223 e. The fourth-order valence-corrected chi connectivity index (χ4v) is 2.71. The van der Waals surface area contributed by atoms with Crippen molar-refractivity contribution in [3.05, 3.63) is 53.7 Å². The molecule has 120 valence electrons. The number of hydrogen-bond acceptors (Lipinski definition) is 4. The van der Waals surface area contributed by atoms with Crippen LogP contribution in [0.25, 0.3) is 0 Å². The Balaban J connectivity index is 1.68. The van der Waals surface area contributed by atoms with Crippen LogP contribution in [0.3, 0.4) is 0 Å². The van der Waals surface area contributed by atoms with E-state index in [1.165, 1.54) is 0 Å². The van der Waals surface area contributed by atoms with Crippen LogP contribution in [0.4, 0.5) is 11.5 Å². The number of aromatic nitrogens is 1. The normalized spacial score (nSPS) is 15.7. The lowest BCUT2D eigenvalue weighted by atomic mass is 10.3. The van der Waals surface area contributed by atoms with E-state index in [1.54, 1.807) is 18.3 Å². The van der Waals surface area contributed by atoms with E-state index in [1.807, 2.05) is 35.2 Å². The largest absolute Gasteiger partial charge is 0.353 e. The molecule has 0 bridgehead atoms. The lowest BCUT2D eigenvalue weighted by molar-refractivity contribution is 0.207. The first-order chi connectivity index (χ1) is 11.3. The minimum atomic E-state index is 0.424. The number of benzene rings is 1. The summed E-state index contributed by atoms with van der Waals surface area (Å²) >= 11 is 5.96. The molecule has 1 aromatic heterocycles. The van der Waals surface area contributed by atoms with Crippen molar-refractivity contribution in [3.8, 4) is 0 Å². The number of nitrogens with one attached hydrogen (secondary N) is 1. The quantitative estimate of drug-likeness (QED) is 0.503. The fraction of sp³-hybridized carbons (Fsp3) is 0.250. The van der Waals surface area contributed by atoms with Crippen LogP contribution in [0.2, 0.25) is 5.02 Å². The number of hydrogen-bond donors (Lipinski definition) is 2. The standard InChI is InChI=1S/C16H18ClN5O/c17-13-4-3-5-14(12-13)19-16(20-23)22-10-8-21(9-11-22)15-6-1-2-7-18-15/h1-7,12,23H,8-11H2,(H,19,20). The molecule has 6 nitrogen and oxygen atoms in total. The van der Waals surface area contributed by atoms with Gasteiger partial charge < -0.3 is 9.80 Å². The van der Waals surface area contributed by atoms with Gasteiger partial charge in [-0.1, -0.05) is 23.7 Å². The lowest BCUT2D eigenvalue weighted by Crippen LogP contribution is -2.52. The summed E-state index contributed by atoms with van der Waals surface area (Å²) in [5, 5.41) is 10.0. The predicted octanol–water partition coefficient (Wildman–Crippen LogP) is 2.52. The van der Waals surface area contributed by atoms with Crippen molar-refractivity contribution >= 4 is 29.1 Å². The fourth-order valence-electron chi connectivity index (χ4n) is 2.52. The van der Waals surface area contributed by atoms with Crippen LogP contribution in [0.15, 0.2) is 53.7 Å². The Bertz CT molecular complexity index is 671. The van der Waals surface area contributed by atoms with E-state index < -0.39 is 0 Å². The van der Waals surface area contributed by atoms with Crippen molar-refractivity contribution in [2.45, 2.75) is 0 Å². The number of rotatable bonds is 2. The van der Waals surface area contributed by atoms with Crippen LogP contribution >= 0.6 is 11.6 Å². The lowest BCUT2D eigenvalue weighted by Gasteiger charge is -2.36. The molecule has 23 heavy (non-hydrogen) atoms. The van der Waals surface area contributed by atoms with Crippen LogP contribution in [-0.2, 0) is 0 Å². The number of piperazine rings is 1. The third kappa shape index (κ3) is 3.91. The first-order valence-corrected chi connectivity index (χ1v) is 7.79. The predicted molar refractivity (Wildman–Crippen MR) is 91.5 cm³/mol. The van der Waals surface area contributed by atoms with Crippen molar-refractivity contribution in [1.82, 2.24) is 15.4 Å². The number of guanidine groups is 1. The summed E-state index contributed by atoms with van der Waals surface area (Å²) in [5.41, 5.74) is 2.89. The van der Waals surface area contributed by atoms with Crippen LogP contribution in [0, 0.1) is 0 Å². The van der Waals surface area contributed by atoms with Crippen LogP contribution in [-0.4, -0.2) is 47.2 Å². The Hall–Kier alpha value is -2.31. The molecule has 1 aliphatic heterocycles. The van der Waals surface area contributed by atoms with Gasteiger partial charge in [0.1, 0.15) is 5.82 Å². The van der Waals surface area contributed by atoms with Gasteiger partial charge in [-0.05, 0) is 30.3 Å². The second kappa shape index (κ2) is 7.30. The summed E-state index contributed by atoms with van der Waals surface area (Å²) < 4.78 is 0. The molecule has 0 amide bonds. The molecule has 0 aliphatic carbocycles. The van der Waals surface area contributed by atoms with E-state index in [2.05, 4.69) is 20.4 Å². The number of anilines is 1. The van der Waals surface area contributed by atoms with Gasteiger partial charge in [-0.3, -0.25) is 5.21 Å². The highest BCUT2D eigenvalue weighted by molar-refractivity contribution is 6.30. The zero-order chi connectivity index (χ0) is 16.1. The molecule has 2 heterocycles. The van der Waals surface area contributed by atoms with E-state index >= 15 is 0 Å². The minimum absolute atomic E-state index is 0.424. The molecular formula is C16H18ClN5O. The zero-order valence-electron chi connectivity index (χ0n) is 12.6. The van der Waals surface area contributed by atoms with Gasteiger partial charge in [0.2, 0.25) is 5.96 Å². The average molecular weight is 332 g/mol. The molecule has 0 spiro atoms. The maximum absolute atomic E-state index is 9.41. The summed E-state index contributed by atoms with van der Waals surface area (Å²) in [4.78, 5) is 13.0. The van der Waals surface area contributed by atoms with E-state index in [0.717, 1.165) is 32.0 Å². The Labute approximate surface area is 140 Å². The molecule has 7 heteroatoms. The molecule has 2 N–H and O–H groups in total. The van der Waals surface area contributed by atoms with Crippen LogP contribution in [0.5, 0.6) is 0 Å². The number of aliphatic imine (C=N–C) groups is 1. The van der Waals surface area contributed by atoms with Crippen molar-refractivity contribution in [3.63, 3.8) is 0 Å². The molecule has 2 aromatic rings. The Morgan fingerprint density at radius 2 is 1.96 bits per heavy atom. The van der Waals surface area contributed by atoms with Crippen LogP contribution in [0.1, 0.15) is 0 Å². The Morgan fingerprint density at radius 1 is 1.13 bits per heavy atom. The second-order valence-electron chi connectivity index (χ2n) is 5.19. The SMILES string of the molecule is ONC(=Nc1cccc(Cl)c1)N1CCN(c2ccccn2)CC1. The Kier molecular flexibility index (Phi) is 4.95. The summed E-state index contributed by atoms with van der Waals surface area (Å²) in [6.45, 7) is 3.10. The highest BCUT2D eigenvalue weighted by atomic mass is 35.5. The van der Waals surface area contributed by atoms with Gasteiger partial charge in [0.05, 0.1) is 5.69 Å². The average Bonchev–Trinajstić information content (AvgIpc) is 2.61. The molecular weight excluding hydrogens is 314 g/mol. The number of pyridine rings is 1. The molecule has 1 aromatic carbocycles. The molecule has 0 saturated carbocycles. The molecule has 1 fully saturated rings. The van der Waals surface area contributed by atoms with Crippen molar-refractivity contribution in [2.75, 3.05) is 31.1 Å². The summed E-state index contributed by atoms with van der Waals surface area (Å²) in [7, 11) is 0. The van der Waals surface area contributed by atoms with Crippen molar-refractivity contribution in [2.24, 2.45) is 4.99 Å². The van der Waals surface area contributed by atoms with Crippen molar-refractivity contribution in [1.29, 1.82) is 0 Å². The molecule has 0 unspecified atom stereocenters. The molecule has 1 saturated heterocycles. The van der Waals surface area contributed by atoms with E-state index in [4.69, 9.17) is 11.6 Å². The highest BCUT2D eigenvalue weighted by Crippen LogP contribution is 2.19. The van der Waals surface area contributed by atoms with Gasteiger partial charge >= 0.3 is 0 Å². The molecule has 1 aliphatic rings. The van der Waals surface area contributed by atoms with Crippen LogP contribution < -0.4 is 10.4 Å². The number of hydroxylamine groups is 1. The first kappa shape index (κ1) is 15.6. The Morgan fingerprint density at radius 3 is 2.61 bits per heavy atom. The van der Waals surface area contributed by atoms with Gasteiger partial charge in [-0.15, -0.1) is 0 Å². The van der Waals surface area contributed by atoms with E-state index in [9.17, 15) is 5.21 Å². The molecule has 0 atom stereocenters. The van der Waals surface area contributed by atoms with Gasteiger partial charge in [-0.25, -0.2) is 15.5 Å². The minimum Gasteiger partial charge on any atom is -0.353 e. The van der Waals surface area contributed by atoms with E-state index in [-0.39, 0.29) is 0 Å². The molecule has 3 rings (SSSR count). The summed E-state index contributed by atoms with van der Waals surface area (Å²) in [5.74, 6) is 1.39. The number of halogens is 1. The maximum atomic E-state index is 9.41. The van der Waals surface area contributed by atoms with E-state index in [0.29, 0.717) is 16.7 Å². The highest BCUT2D eigenvalue weighted by Gasteiger charge is 2.20. The van der Waals surface area contributed by atoms with Crippen molar-refractivity contribution < 1.29 is 5.21 Å². The number of nitrogens with zero attached hydrogens (tertiary/aromatic N) is 4. The third-order valence-corrected chi connectivity index (χ3v) is 3.93. The third-order valence-electron chi connectivity index (χ3n) is 3.70. The molecule has 0 radical (unpaired) electrons. The summed E-state index contributed by atoms with van der Waals surface area (Å²) in [6.07, 6.45) is 1.79. The van der Waals surface area contributed by atoms with Gasteiger partial charge in [-0.2, -0.15) is 0 Å². The summed E-state index contributed by atoms with van der Waals surface area (Å²) in [6, 6.07) is 13.1. The van der Waals surface area contributed by atoms with Gasteiger partial charge in [0.25, 0.3) is 0 Å². The zero-order valence-corrected chi connectivity index (χ0v) is 13.3. The topological polar surface area (TPSA) is 64.0 Å². The second-order valence-corrected chi connectivity index (χ2v) is 5.63. The monoisotopic (exact) mass is 331 g/mol. The first-order valence-electron chi connectivity index (χ1n) is 7.41. The van der Waals surface area contributed by atoms with Gasteiger partial charge in [0, 0.05) is 37.4 Å².